The lowest BCUT2D eigenvalue weighted by molar-refractivity contribution is -0.137. The van der Waals surface area contributed by atoms with Crippen LogP contribution in [0.4, 0.5) is 18.9 Å². The van der Waals surface area contributed by atoms with Crippen molar-refractivity contribution in [2.45, 2.75) is 38.8 Å². The first-order chi connectivity index (χ1) is 14.3. The Morgan fingerprint density at radius 1 is 1.07 bits per heavy atom. The average molecular weight is 418 g/mol. The number of nitrogens with two attached hydrogens (primary N) is 1. The molecule has 3 aromatic rings. The van der Waals surface area contributed by atoms with E-state index in [1.165, 1.54) is 12.1 Å². The fourth-order valence-corrected chi connectivity index (χ4v) is 3.44. The zero-order valence-corrected chi connectivity index (χ0v) is 17.1. The standard InChI is InChI=1S/C23H25F3N2O2/c1-15-10-11-28-21-18(27)14-19(29-2)22(20(15)21)30-12-5-3-4-7-16-8-6-9-17(13-16)23(24,25)26/h6,8-11,13-14H,3-5,7,12,27H2,1-2H3. The fourth-order valence-electron chi connectivity index (χ4n) is 3.44. The van der Waals surface area contributed by atoms with Gasteiger partial charge in [-0.3, -0.25) is 4.98 Å². The molecule has 7 heteroatoms. The fraction of sp³-hybridized carbons (Fsp3) is 0.348. The molecule has 0 amide bonds. The lowest BCUT2D eigenvalue weighted by Crippen LogP contribution is -2.05. The van der Waals surface area contributed by atoms with Gasteiger partial charge in [-0.15, -0.1) is 0 Å². The van der Waals surface area contributed by atoms with E-state index in [0.717, 1.165) is 36.3 Å². The SMILES string of the molecule is COc1cc(N)c2nccc(C)c2c1OCCCCCc1cccc(C(F)(F)F)c1. The molecule has 0 saturated carbocycles. The molecule has 0 radical (unpaired) electrons. The number of benzene rings is 2. The van der Waals surface area contributed by atoms with Crippen molar-refractivity contribution in [1.82, 2.24) is 4.98 Å². The third kappa shape index (κ3) is 4.96. The summed E-state index contributed by atoms with van der Waals surface area (Å²) in [7, 11) is 1.56. The molecular formula is C23H25F3N2O2. The molecule has 0 aliphatic carbocycles. The minimum atomic E-state index is -4.31. The predicted molar refractivity (Wildman–Crippen MR) is 112 cm³/mol. The van der Waals surface area contributed by atoms with Crippen molar-refractivity contribution >= 4 is 16.6 Å². The molecule has 30 heavy (non-hydrogen) atoms. The van der Waals surface area contributed by atoms with Crippen molar-refractivity contribution in [1.29, 1.82) is 0 Å². The van der Waals surface area contributed by atoms with Crippen molar-refractivity contribution in [2.75, 3.05) is 19.5 Å². The Labute approximate surface area is 173 Å². The van der Waals surface area contributed by atoms with Crippen LogP contribution < -0.4 is 15.2 Å². The van der Waals surface area contributed by atoms with E-state index in [1.54, 1.807) is 25.4 Å². The number of nitrogens with zero attached hydrogens (tertiary/aromatic N) is 1. The molecule has 0 spiro atoms. The zero-order valence-electron chi connectivity index (χ0n) is 17.1. The Hall–Kier alpha value is -2.96. The van der Waals surface area contributed by atoms with E-state index in [4.69, 9.17) is 15.2 Å². The summed E-state index contributed by atoms with van der Waals surface area (Å²) in [5.74, 6) is 1.17. The second-order valence-electron chi connectivity index (χ2n) is 7.21. The Morgan fingerprint density at radius 2 is 1.87 bits per heavy atom. The lowest BCUT2D eigenvalue weighted by atomic mass is 10.0. The van der Waals surface area contributed by atoms with Crippen LogP contribution in [-0.4, -0.2) is 18.7 Å². The number of unbranched alkanes of at least 4 members (excludes halogenated alkanes) is 2. The number of methoxy groups -OCH3 is 1. The maximum Gasteiger partial charge on any atom is 0.416 e. The summed E-state index contributed by atoms with van der Waals surface area (Å²) in [6.07, 6.45) is 0.387. The largest absolute Gasteiger partial charge is 0.493 e. The molecule has 0 aliphatic heterocycles. The normalized spacial score (nSPS) is 11.6. The highest BCUT2D eigenvalue weighted by Gasteiger charge is 2.30. The summed E-state index contributed by atoms with van der Waals surface area (Å²) in [5.41, 5.74) is 8.37. The number of halogens is 3. The number of alkyl halides is 3. The van der Waals surface area contributed by atoms with Crippen LogP contribution in [0.1, 0.15) is 36.0 Å². The Balaban J connectivity index is 1.58. The number of hydrogen-bond donors (Lipinski definition) is 1. The lowest BCUT2D eigenvalue weighted by Gasteiger charge is -2.16. The van der Waals surface area contributed by atoms with Crippen LogP contribution in [-0.2, 0) is 12.6 Å². The van der Waals surface area contributed by atoms with E-state index < -0.39 is 11.7 Å². The van der Waals surface area contributed by atoms with Gasteiger partial charge in [0.15, 0.2) is 11.5 Å². The summed E-state index contributed by atoms with van der Waals surface area (Å²) >= 11 is 0. The van der Waals surface area contributed by atoms with Crippen molar-refractivity contribution in [3.05, 3.63) is 59.3 Å². The first kappa shape index (κ1) is 21.7. The highest BCUT2D eigenvalue weighted by Crippen LogP contribution is 2.40. The molecule has 2 aromatic carbocycles. The van der Waals surface area contributed by atoms with Gasteiger partial charge in [0.1, 0.15) is 0 Å². The minimum absolute atomic E-state index is 0.465. The molecule has 3 rings (SSSR count). The van der Waals surface area contributed by atoms with Gasteiger partial charge in [-0.1, -0.05) is 18.2 Å². The molecule has 1 heterocycles. The molecular weight excluding hydrogens is 393 g/mol. The van der Waals surface area contributed by atoms with Gasteiger partial charge < -0.3 is 15.2 Å². The Bertz CT molecular complexity index is 1020. The maximum absolute atomic E-state index is 12.8. The molecule has 1 aromatic heterocycles. The molecule has 160 valence electrons. The predicted octanol–water partition coefficient (Wildman–Crippen LogP) is 5.94. The number of rotatable bonds is 8. The molecule has 4 nitrogen and oxygen atoms in total. The van der Waals surface area contributed by atoms with E-state index in [1.807, 2.05) is 13.0 Å². The van der Waals surface area contributed by atoms with Gasteiger partial charge in [-0.05, 0) is 55.9 Å². The zero-order chi connectivity index (χ0) is 21.7. The van der Waals surface area contributed by atoms with Crippen LogP contribution in [0.2, 0.25) is 0 Å². The number of ether oxygens (including phenoxy) is 2. The number of fused-ring (bicyclic) bond motifs is 1. The first-order valence-electron chi connectivity index (χ1n) is 9.82. The molecule has 0 saturated heterocycles. The number of aromatic nitrogens is 1. The Morgan fingerprint density at radius 3 is 2.60 bits per heavy atom. The third-order valence-corrected chi connectivity index (χ3v) is 5.00. The van der Waals surface area contributed by atoms with Crippen molar-refractivity contribution in [3.63, 3.8) is 0 Å². The van der Waals surface area contributed by atoms with Gasteiger partial charge >= 0.3 is 6.18 Å². The van der Waals surface area contributed by atoms with Crippen LogP contribution in [0.3, 0.4) is 0 Å². The first-order valence-corrected chi connectivity index (χ1v) is 9.82. The monoisotopic (exact) mass is 418 g/mol. The number of aryl methyl sites for hydroxylation is 2. The van der Waals surface area contributed by atoms with Crippen LogP contribution in [0, 0.1) is 6.92 Å². The van der Waals surface area contributed by atoms with Crippen LogP contribution in [0.25, 0.3) is 10.9 Å². The van der Waals surface area contributed by atoms with Gasteiger partial charge in [0.05, 0.1) is 35.9 Å². The highest BCUT2D eigenvalue weighted by molar-refractivity contribution is 5.98. The average Bonchev–Trinajstić information content (AvgIpc) is 2.71. The Kier molecular flexibility index (Phi) is 6.70. The molecule has 0 fully saturated rings. The molecule has 0 unspecified atom stereocenters. The number of pyridine rings is 1. The smallest absolute Gasteiger partial charge is 0.416 e. The van der Waals surface area contributed by atoms with Crippen molar-refractivity contribution in [3.8, 4) is 11.5 Å². The van der Waals surface area contributed by atoms with Gasteiger partial charge in [0.25, 0.3) is 0 Å². The summed E-state index contributed by atoms with van der Waals surface area (Å²) in [6.45, 7) is 2.43. The molecule has 2 N–H and O–H groups in total. The quantitative estimate of drug-likeness (QED) is 0.363. The number of anilines is 1. The molecule has 0 aliphatic rings. The van der Waals surface area contributed by atoms with E-state index in [9.17, 15) is 13.2 Å². The van der Waals surface area contributed by atoms with Crippen molar-refractivity contribution < 1.29 is 22.6 Å². The van der Waals surface area contributed by atoms with Gasteiger partial charge in [0, 0.05) is 12.3 Å². The van der Waals surface area contributed by atoms with Gasteiger partial charge in [0.2, 0.25) is 0 Å². The molecule has 0 bridgehead atoms. The summed E-state index contributed by atoms with van der Waals surface area (Å²) in [6, 6.07) is 9.10. The summed E-state index contributed by atoms with van der Waals surface area (Å²) < 4.78 is 49.9. The molecule has 0 atom stereocenters. The van der Waals surface area contributed by atoms with Crippen molar-refractivity contribution in [2.24, 2.45) is 0 Å². The second kappa shape index (κ2) is 9.24. The van der Waals surface area contributed by atoms with E-state index in [-0.39, 0.29) is 0 Å². The third-order valence-electron chi connectivity index (χ3n) is 5.00. The number of hydrogen-bond acceptors (Lipinski definition) is 4. The maximum atomic E-state index is 12.8. The number of nitrogen functional groups attached to an aromatic ring is 1. The van der Waals surface area contributed by atoms with Crippen LogP contribution in [0.15, 0.2) is 42.6 Å². The van der Waals surface area contributed by atoms with E-state index in [0.29, 0.717) is 41.3 Å². The van der Waals surface area contributed by atoms with Gasteiger partial charge in [-0.2, -0.15) is 13.2 Å². The van der Waals surface area contributed by atoms with Crippen LogP contribution >= 0.6 is 0 Å². The van der Waals surface area contributed by atoms with Gasteiger partial charge in [-0.25, -0.2) is 0 Å². The van der Waals surface area contributed by atoms with Crippen LogP contribution in [0.5, 0.6) is 11.5 Å². The highest BCUT2D eigenvalue weighted by atomic mass is 19.4. The summed E-state index contributed by atoms with van der Waals surface area (Å²) in [5, 5.41) is 0.832. The summed E-state index contributed by atoms with van der Waals surface area (Å²) in [4.78, 5) is 4.35. The topological polar surface area (TPSA) is 57.4 Å². The second-order valence-corrected chi connectivity index (χ2v) is 7.21. The van der Waals surface area contributed by atoms with E-state index in [2.05, 4.69) is 4.98 Å². The minimum Gasteiger partial charge on any atom is -0.493 e. The van der Waals surface area contributed by atoms with E-state index >= 15 is 0 Å².